The number of hydrogen-bond donors (Lipinski definition) is 3. The van der Waals surface area contributed by atoms with Gasteiger partial charge in [0.05, 0.1) is 5.56 Å². The number of likely N-dealkylation sites (N-methyl/N-ethyl adjacent to an activating group) is 1. The lowest BCUT2D eigenvalue weighted by molar-refractivity contribution is -0.122. The number of primary amides is 1. The zero-order chi connectivity index (χ0) is 24.0. The lowest BCUT2D eigenvalue weighted by Gasteiger charge is -2.18. The number of nitrogens with one attached hydrogen (secondary N) is 2. The van der Waals surface area contributed by atoms with Crippen LogP contribution in [0.15, 0.2) is 66.7 Å². The van der Waals surface area contributed by atoms with E-state index in [2.05, 4.69) is 10.6 Å². The predicted octanol–water partition coefficient (Wildman–Crippen LogP) is 2.86. The second kappa shape index (κ2) is 10.4. The summed E-state index contributed by atoms with van der Waals surface area (Å²) in [5.41, 5.74) is 6.50. The van der Waals surface area contributed by atoms with Gasteiger partial charge in [-0.15, -0.1) is 0 Å². The normalized spacial score (nSPS) is 11.4. The number of para-hydroxylation sites is 1. The molecule has 0 spiro atoms. The van der Waals surface area contributed by atoms with Crippen LogP contribution in [0.1, 0.15) is 37.9 Å². The van der Waals surface area contributed by atoms with E-state index in [1.807, 2.05) is 0 Å². The summed E-state index contributed by atoms with van der Waals surface area (Å²) >= 11 is 0. The maximum atomic E-state index is 13.7. The molecule has 0 aromatic heterocycles. The maximum absolute atomic E-state index is 13.7. The lowest BCUT2D eigenvalue weighted by atomic mass is 10.0. The fourth-order valence-electron chi connectivity index (χ4n) is 3.11. The summed E-state index contributed by atoms with van der Waals surface area (Å²) in [6.45, 7) is 0.0491. The average molecular weight is 453 g/mol. The molecule has 0 fully saturated rings. The monoisotopic (exact) mass is 453 g/mol. The SMILES string of the molecule is CNC(=O)C(NC(=O)c1cccc(COc2ccccc2C(N)=O)c1)c1ccc(F)c(F)c1. The van der Waals surface area contributed by atoms with E-state index in [1.165, 1.54) is 19.2 Å². The summed E-state index contributed by atoms with van der Waals surface area (Å²) in [6, 6.07) is 14.7. The quantitative estimate of drug-likeness (QED) is 0.487. The first-order valence-corrected chi connectivity index (χ1v) is 9.88. The van der Waals surface area contributed by atoms with E-state index in [-0.39, 0.29) is 23.3 Å². The molecule has 170 valence electrons. The molecule has 3 aromatic rings. The molecule has 0 aliphatic carbocycles. The number of rotatable bonds is 8. The van der Waals surface area contributed by atoms with E-state index in [1.54, 1.807) is 42.5 Å². The fraction of sp³-hybridized carbons (Fsp3) is 0.125. The minimum atomic E-state index is -1.24. The van der Waals surface area contributed by atoms with Crippen LogP contribution in [0.3, 0.4) is 0 Å². The third kappa shape index (κ3) is 5.70. The Balaban J connectivity index is 1.77. The van der Waals surface area contributed by atoms with Gasteiger partial charge in [0, 0.05) is 12.6 Å². The molecule has 0 saturated heterocycles. The summed E-state index contributed by atoms with van der Waals surface area (Å²) in [4.78, 5) is 36.6. The molecule has 0 heterocycles. The number of ether oxygens (including phenoxy) is 1. The van der Waals surface area contributed by atoms with Crippen LogP contribution in [0.4, 0.5) is 8.78 Å². The number of benzene rings is 3. The van der Waals surface area contributed by atoms with Gasteiger partial charge in [0.25, 0.3) is 11.8 Å². The zero-order valence-electron chi connectivity index (χ0n) is 17.6. The molecule has 0 aliphatic heterocycles. The number of amides is 3. The van der Waals surface area contributed by atoms with Crippen molar-refractivity contribution < 1.29 is 27.9 Å². The smallest absolute Gasteiger partial charge is 0.252 e. The van der Waals surface area contributed by atoms with Crippen molar-refractivity contribution in [3.63, 3.8) is 0 Å². The Morgan fingerprint density at radius 3 is 2.42 bits per heavy atom. The standard InChI is InChI=1S/C24H21F2N3O4/c1-28-24(32)21(15-9-10-18(25)19(26)12-15)29-23(31)16-6-4-5-14(11-16)13-33-20-8-3-2-7-17(20)22(27)30/h2-12,21H,13H2,1H3,(H2,27,30)(H,28,32)(H,29,31). The first-order chi connectivity index (χ1) is 15.8. The third-order valence-corrected chi connectivity index (χ3v) is 4.80. The van der Waals surface area contributed by atoms with Crippen LogP contribution in [0.25, 0.3) is 0 Å². The van der Waals surface area contributed by atoms with Gasteiger partial charge in [-0.3, -0.25) is 14.4 Å². The molecular weight excluding hydrogens is 432 g/mol. The summed E-state index contributed by atoms with van der Waals surface area (Å²) in [6.07, 6.45) is 0. The lowest BCUT2D eigenvalue weighted by Crippen LogP contribution is -2.39. The van der Waals surface area contributed by atoms with Crippen molar-refractivity contribution in [2.24, 2.45) is 5.73 Å². The van der Waals surface area contributed by atoms with Crippen LogP contribution in [0.5, 0.6) is 5.75 Å². The molecule has 0 aliphatic rings. The van der Waals surface area contributed by atoms with Gasteiger partial charge in [-0.2, -0.15) is 0 Å². The van der Waals surface area contributed by atoms with E-state index in [4.69, 9.17) is 10.5 Å². The van der Waals surface area contributed by atoms with Crippen molar-refractivity contribution in [2.45, 2.75) is 12.6 Å². The van der Waals surface area contributed by atoms with Gasteiger partial charge in [-0.1, -0.05) is 30.3 Å². The van der Waals surface area contributed by atoms with E-state index in [0.29, 0.717) is 11.3 Å². The van der Waals surface area contributed by atoms with E-state index < -0.39 is 35.4 Å². The Morgan fingerprint density at radius 2 is 1.73 bits per heavy atom. The highest BCUT2D eigenvalue weighted by molar-refractivity contribution is 5.98. The molecular formula is C24H21F2N3O4. The summed E-state index contributed by atoms with van der Waals surface area (Å²) in [5.74, 6) is -3.73. The van der Waals surface area contributed by atoms with Crippen molar-refractivity contribution >= 4 is 17.7 Å². The van der Waals surface area contributed by atoms with Crippen LogP contribution in [0.2, 0.25) is 0 Å². The van der Waals surface area contributed by atoms with Gasteiger partial charge in [-0.05, 0) is 47.5 Å². The summed E-state index contributed by atoms with van der Waals surface area (Å²) in [7, 11) is 1.36. The van der Waals surface area contributed by atoms with Crippen molar-refractivity contribution in [3.05, 3.63) is 101 Å². The topological polar surface area (TPSA) is 111 Å². The van der Waals surface area contributed by atoms with Crippen molar-refractivity contribution in [1.82, 2.24) is 10.6 Å². The van der Waals surface area contributed by atoms with Crippen LogP contribution < -0.4 is 21.1 Å². The van der Waals surface area contributed by atoms with Crippen LogP contribution >= 0.6 is 0 Å². The molecule has 1 atom stereocenters. The van der Waals surface area contributed by atoms with Gasteiger partial charge >= 0.3 is 0 Å². The number of nitrogens with two attached hydrogens (primary N) is 1. The number of hydrogen-bond acceptors (Lipinski definition) is 4. The molecule has 0 radical (unpaired) electrons. The van der Waals surface area contributed by atoms with Crippen molar-refractivity contribution in [1.29, 1.82) is 0 Å². The van der Waals surface area contributed by atoms with Gasteiger partial charge < -0.3 is 21.1 Å². The first-order valence-electron chi connectivity index (χ1n) is 9.88. The molecule has 9 heteroatoms. The Labute approximate surface area is 188 Å². The minimum absolute atomic E-state index is 0.0491. The third-order valence-electron chi connectivity index (χ3n) is 4.80. The summed E-state index contributed by atoms with van der Waals surface area (Å²) in [5, 5.41) is 4.92. The minimum Gasteiger partial charge on any atom is -0.488 e. The van der Waals surface area contributed by atoms with Crippen molar-refractivity contribution in [3.8, 4) is 5.75 Å². The molecule has 1 unspecified atom stereocenters. The van der Waals surface area contributed by atoms with Crippen LogP contribution in [-0.2, 0) is 11.4 Å². The predicted molar refractivity (Wildman–Crippen MR) is 116 cm³/mol. The van der Waals surface area contributed by atoms with Crippen LogP contribution in [0, 0.1) is 11.6 Å². The summed E-state index contributed by atoms with van der Waals surface area (Å²) < 4.78 is 32.6. The molecule has 3 amide bonds. The van der Waals surface area contributed by atoms with Crippen molar-refractivity contribution in [2.75, 3.05) is 7.05 Å². The number of carbonyl (C=O) groups excluding carboxylic acids is 3. The highest BCUT2D eigenvalue weighted by Crippen LogP contribution is 2.20. The highest BCUT2D eigenvalue weighted by atomic mass is 19.2. The largest absolute Gasteiger partial charge is 0.488 e. The second-order valence-corrected chi connectivity index (χ2v) is 7.04. The Hall–Kier alpha value is -4.27. The fourth-order valence-corrected chi connectivity index (χ4v) is 3.11. The van der Waals surface area contributed by atoms with Crippen LogP contribution in [-0.4, -0.2) is 24.8 Å². The average Bonchev–Trinajstić information content (AvgIpc) is 2.82. The molecule has 7 nitrogen and oxygen atoms in total. The second-order valence-electron chi connectivity index (χ2n) is 7.04. The Kier molecular flexibility index (Phi) is 7.34. The Bertz CT molecular complexity index is 1200. The van der Waals surface area contributed by atoms with Gasteiger partial charge in [0.1, 0.15) is 18.4 Å². The number of halogens is 2. The highest BCUT2D eigenvalue weighted by Gasteiger charge is 2.24. The Morgan fingerprint density at radius 1 is 0.970 bits per heavy atom. The molecule has 3 rings (SSSR count). The van der Waals surface area contributed by atoms with E-state index in [0.717, 1.165) is 12.1 Å². The number of carbonyl (C=O) groups is 3. The van der Waals surface area contributed by atoms with E-state index >= 15 is 0 Å². The van der Waals surface area contributed by atoms with Gasteiger partial charge in [0.15, 0.2) is 11.6 Å². The molecule has 4 N–H and O–H groups in total. The molecule has 3 aromatic carbocycles. The molecule has 33 heavy (non-hydrogen) atoms. The van der Waals surface area contributed by atoms with E-state index in [9.17, 15) is 23.2 Å². The first kappa shape index (κ1) is 23.4. The zero-order valence-corrected chi connectivity index (χ0v) is 17.6. The molecule has 0 bridgehead atoms. The van der Waals surface area contributed by atoms with Gasteiger partial charge in [-0.25, -0.2) is 8.78 Å². The van der Waals surface area contributed by atoms with Gasteiger partial charge in [0.2, 0.25) is 5.91 Å². The maximum Gasteiger partial charge on any atom is 0.252 e. The molecule has 0 saturated carbocycles.